The Morgan fingerprint density at radius 3 is 2.70 bits per heavy atom. The zero-order chi connectivity index (χ0) is 18.8. The zero-order valence-electron chi connectivity index (χ0n) is 14.6. The van der Waals surface area contributed by atoms with Crippen molar-refractivity contribution in [3.63, 3.8) is 0 Å². The second kappa shape index (κ2) is 7.82. The van der Waals surface area contributed by atoms with Crippen molar-refractivity contribution in [1.29, 1.82) is 0 Å². The van der Waals surface area contributed by atoms with Crippen molar-refractivity contribution < 1.29 is 4.79 Å². The van der Waals surface area contributed by atoms with E-state index in [1.54, 1.807) is 18.2 Å². The van der Waals surface area contributed by atoms with E-state index in [0.717, 1.165) is 41.1 Å². The van der Waals surface area contributed by atoms with Crippen molar-refractivity contribution in [2.45, 2.75) is 32.2 Å². The van der Waals surface area contributed by atoms with E-state index >= 15 is 0 Å². The average Bonchev–Trinajstić information content (AvgIpc) is 2.92. The van der Waals surface area contributed by atoms with Crippen LogP contribution in [0.5, 0.6) is 0 Å². The highest BCUT2D eigenvalue weighted by atomic mass is 79.9. The molecule has 0 unspecified atom stereocenters. The van der Waals surface area contributed by atoms with Gasteiger partial charge in [0.25, 0.3) is 5.91 Å². The largest absolute Gasteiger partial charge is 0.322 e. The molecule has 5 nitrogen and oxygen atoms in total. The summed E-state index contributed by atoms with van der Waals surface area (Å²) in [6, 6.07) is 12.9. The maximum atomic E-state index is 12.5. The highest BCUT2D eigenvalue weighted by molar-refractivity contribution is 9.10. The van der Waals surface area contributed by atoms with Crippen molar-refractivity contribution >= 4 is 39.1 Å². The lowest BCUT2D eigenvalue weighted by Crippen LogP contribution is -2.12. The molecule has 0 radical (unpaired) electrons. The molecule has 1 amide bonds. The summed E-state index contributed by atoms with van der Waals surface area (Å²) in [4.78, 5) is 12.5. The molecule has 0 spiro atoms. The predicted molar refractivity (Wildman–Crippen MR) is 110 cm³/mol. The summed E-state index contributed by atoms with van der Waals surface area (Å²) in [7, 11) is 0. The normalized spacial score (nSPS) is 13.7. The molecular formula is C20H18BrClN4O. The number of aromatic nitrogens is 3. The van der Waals surface area contributed by atoms with Crippen LogP contribution in [0, 0.1) is 0 Å². The van der Waals surface area contributed by atoms with Crippen LogP contribution in [0.3, 0.4) is 0 Å². The molecular weight excluding hydrogens is 428 g/mol. The summed E-state index contributed by atoms with van der Waals surface area (Å²) in [6.45, 7) is 0.956. The smallest absolute Gasteiger partial charge is 0.257 e. The fourth-order valence-electron chi connectivity index (χ4n) is 3.27. The molecule has 1 N–H and O–H groups in total. The molecule has 0 fully saturated rings. The standard InChI is InChI=1S/C20H18BrClN4O/c21-14-7-10-17(22)16(12-14)20(27)23-15-8-5-13(6-9-15)19-25-24-18-4-2-1-3-11-26(18)19/h5-10,12H,1-4,11H2,(H,23,27). The van der Waals surface area contributed by atoms with Crippen LogP contribution in [0.4, 0.5) is 5.69 Å². The van der Waals surface area contributed by atoms with Crippen LogP contribution in [-0.4, -0.2) is 20.7 Å². The van der Waals surface area contributed by atoms with Gasteiger partial charge >= 0.3 is 0 Å². The van der Waals surface area contributed by atoms with Gasteiger partial charge in [-0.1, -0.05) is 34.0 Å². The van der Waals surface area contributed by atoms with Crippen LogP contribution in [0.15, 0.2) is 46.9 Å². The average molecular weight is 446 g/mol. The number of rotatable bonds is 3. The van der Waals surface area contributed by atoms with Crippen LogP contribution in [-0.2, 0) is 13.0 Å². The van der Waals surface area contributed by atoms with Gasteiger partial charge in [-0.05, 0) is 55.3 Å². The highest BCUT2D eigenvalue weighted by Gasteiger charge is 2.16. The summed E-state index contributed by atoms with van der Waals surface area (Å²) in [5, 5.41) is 12.0. The topological polar surface area (TPSA) is 59.8 Å². The maximum Gasteiger partial charge on any atom is 0.257 e. The Bertz CT molecular complexity index is 984. The van der Waals surface area contributed by atoms with E-state index in [0.29, 0.717) is 16.3 Å². The Labute approximate surface area is 170 Å². The predicted octanol–water partition coefficient (Wildman–Crippen LogP) is 5.34. The lowest BCUT2D eigenvalue weighted by atomic mass is 10.1. The summed E-state index contributed by atoms with van der Waals surface area (Å²) in [5.74, 6) is 1.70. The van der Waals surface area contributed by atoms with Crippen LogP contribution < -0.4 is 5.32 Å². The lowest BCUT2D eigenvalue weighted by Gasteiger charge is -2.09. The Morgan fingerprint density at radius 1 is 1.07 bits per heavy atom. The van der Waals surface area contributed by atoms with Crippen molar-refractivity contribution in [1.82, 2.24) is 14.8 Å². The van der Waals surface area contributed by atoms with Gasteiger partial charge in [-0.25, -0.2) is 0 Å². The molecule has 3 aromatic rings. The Hall–Kier alpha value is -2.18. The number of nitrogens with one attached hydrogen (secondary N) is 1. The maximum absolute atomic E-state index is 12.5. The monoisotopic (exact) mass is 444 g/mol. The number of carbonyl (C=O) groups excluding carboxylic acids is 1. The number of aryl methyl sites for hydroxylation is 1. The molecule has 0 aliphatic carbocycles. The van der Waals surface area contributed by atoms with Crippen LogP contribution in [0.2, 0.25) is 5.02 Å². The second-order valence-electron chi connectivity index (χ2n) is 6.56. The van der Waals surface area contributed by atoms with Crippen molar-refractivity contribution in [3.05, 3.63) is 63.3 Å². The summed E-state index contributed by atoms with van der Waals surface area (Å²) < 4.78 is 3.02. The van der Waals surface area contributed by atoms with Gasteiger partial charge in [0.1, 0.15) is 5.82 Å². The van der Waals surface area contributed by atoms with Crippen LogP contribution >= 0.6 is 27.5 Å². The Morgan fingerprint density at radius 2 is 1.89 bits per heavy atom. The Kier molecular flexibility index (Phi) is 5.27. The number of hydrogen-bond acceptors (Lipinski definition) is 3. The highest BCUT2D eigenvalue weighted by Crippen LogP contribution is 2.25. The van der Waals surface area contributed by atoms with E-state index in [9.17, 15) is 4.79 Å². The first-order chi connectivity index (χ1) is 13.1. The zero-order valence-corrected chi connectivity index (χ0v) is 16.9. The number of carbonyl (C=O) groups is 1. The molecule has 0 saturated heterocycles. The third kappa shape index (κ3) is 3.92. The van der Waals surface area contributed by atoms with E-state index < -0.39 is 0 Å². The van der Waals surface area contributed by atoms with Gasteiger partial charge in [0, 0.05) is 28.7 Å². The van der Waals surface area contributed by atoms with Crippen LogP contribution in [0.25, 0.3) is 11.4 Å². The van der Waals surface area contributed by atoms with Crippen molar-refractivity contribution in [2.75, 3.05) is 5.32 Å². The lowest BCUT2D eigenvalue weighted by molar-refractivity contribution is 0.102. The minimum Gasteiger partial charge on any atom is -0.322 e. The number of nitrogens with zero attached hydrogens (tertiary/aromatic N) is 3. The van der Waals surface area contributed by atoms with E-state index in [1.165, 1.54) is 12.8 Å². The molecule has 7 heteroatoms. The van der Waals surface area contributed by atoms with Gasteiger partial charge < -0.3 is 9.88 Å². The van der Waals surface area contributed by atoms with Gasteiger partial charge in [-0.3, -0.25) is 4.79 Å². The molecule has 0 bridgehead atoms. The van der Waals surface area contributed by atoms with E-state index in [-0.39, 0.29) is 5.91 Å². The third-order valence-corrected chi connectivity index (χ3v) is 5.51. The van der Waals surface area contributed by atoms with Gasteiger partial charge in [-0.15, -0.1) is 10.2 Å². The quantitative estimate of drug-likeness (QED) is 0.592. The van der Waals surface area contributed by atoms with Crippen LogP contribution in [0.1, 0.15) is 35.4 Å². The van der Waals surface area contributed by atoms with Gasteiger partial charge in [0.2, 0.25) is 0 Å². The second-order valence-corrected chi connectivity index (χ2v) is 7.88. The van der Waals surface area contributed by atoms with E-state index in [4.69, 9.17) is 11.6 Å². The fourth-order valence-corrected chi connectivity index (χ4v) is 3.84. The molecule has 1 aromatic heterocycles. The number of amides is 1. The molecule has 138 valence electrons. The van der Waals surface area contributed by atoms with Gasteiger partial charge in [0.05, 0.1) is 10.6 Å². The SMILES string of the molecule is O=C(Nc1ccc(-c2nnc3n2CCCCC3)cc1)c1cc(Br)ccc1Cl. The van der Waals surface area contributed by atoms with E-state index in [2.05, 4.69) is 36.0 Å². The first-order valence-electron chi connectivity index (χ1n) is 8.91. The van der Waals surface area contributed by atoms with Gasteiger partial charge in [-0.2, -0.15) is 0 Å². The van der Waals surface area contributed by atoms with Gasteiger partial charge in [0.15, 0.2) is 5.82 Å². The first kappa shape index (κ1) is 18.2. The minimum atomic E-state index is -0.245. The molecule has 2 heterocycles. The molecule has 4 rings (SSSR count). The summed E-state index contributed by atoms with van der Waals surface area (Å²) >= 11 is 9.49. The van der Waals surface area contributed by atoms with E-state index in [1.807, 2.05) is 24.3 Å². The number of hydrogen-bond donors (Lipinski definition) is 1. The Balaban J connectivity index is 1.54. The summed E-state index contributed by atoms with van der Waals surface area (Å²) in [5.41, 5.74) is 2.13. The fraction of sp³-hybridized carbons (Fsp3) is 0.250. The first-order valence-corrected chi connectivity index (χ1v) is 10.1. The molecule has 0 saturated carbocycles. The molecule has 2 aromatic carbocycles. The molecule has 1 aliphatic heterocycles. The summed E-state index contributed by atoms with van der Waals surface area (Å²) in [6.07, 6.45) is 4.53. The number of benzene rings is 2. The number of anilines is 1. The molecule has 1 aliphatic rings. The molecule has 0 atom stereocenters. The molecule has 27 heavy (non-hydrogen) atoms. The van der Waals surface area contributed by atoms with Crippen molar-refractivity contribution in [2.24, 2.45) is 0 Å². The number of halogens is 2. The minimum absolute atomic E-state index is 0.245. The number of fused-ring (bicyclic) bond motifs is 1. The third-order valence-electron chi connectivity index (χ3n) is 4.68. The van der Waals surface area contributed by atoms with Crippen molar-refractivity contribution in [3.8, 4) is 11.4 Å².